The van der Waals surface area contributed by atoms with E-state index in [9.17, 15) is 79.8 Å². The lowest BCUT2D eigenvalue weighted by Crippen LogP contribution is -2.65. The van der Waals surface area contributed by atoms with Crippen LogP contribution in [-0.4, -0.2) is 326 Å². The molecule has 1 aliphatic carbocycles. The van der Waals surface area contributed by atoms with Gasteiger partial charge in [-0.3, -0.25) is 39.0 Å². The van der Waals surface area contributed by atoms with E-state index in [-0.39, 0.29) is 110 Å². The van der Waals surface area contributed by atoms with Gasteiger partial charge in [-0.1, -0.05) is 0 Å². The van der Waals surface area contributed by atoms with Crippen LogP contribution in [0, 0.1) is 5.92 Å². The normalized spacial score (nSPS) is 30.3. The Kier molecular flexibility index (Phi) is 36.8. The van der Waals surface area contributed by atoms with Crippen LogP contribution >= 0.6 is 0 Å². The van der Waals surface area contributed by atoms with E-state index in [0.717, 1.165) is 12.8 Å². The van der Waals surface area contributed by atoms with Crippen LogP contribution in [0.4, 0.5) is 0 Å². The first-order chi connectivity index (χ1) is 43.0. The van der Waals surface area contributed by atoms with E-state index in [1.807, 2.05) is 13.8 Å². The van der Waals surface area contributed by atoms with Crippen molar-refractivity contribution in [3.05, 3.63) is 0 Å². The molecular weight excluding hydrogens is 1200 g/mol. The van der Waals surface area contributed by atoms with Crippen molar-refractivity contribution in [1.29, 1.82) is 0 Å². The number of hydrogen-bond acceptors (Lipinski definition) is 28. The van der Waals surface area contributed by atoms with Crippen LogP contribution in [0.15, 0.2) is 0 Å². The van der Waals surface area contributed by atoms with Gasteiger partial charge in [0.15, 0.2) is 18.9 Å². The standard InChI is InChI=1S/C56H102N8O26/c1-31(2)87-36-11-9-35(10-12-36)52(79)59-13-7-6-8-37(53(80)60-16-19-83-22-25-86-56-45(63-34(5)70)51(78)48(75)40(30-67)90-56)64(26-41(71)57-14-17-81-20-23-84-54-43(61-32(3)68)49(76)46(73)38(28-65)88-54)27-42(72)58-15-18-82-21-24-85-55-44(62-33(4)69)50(77)47(74)39(29-66)89-55/h31-32,35-40,43-51,54-56,61,65-68,73-78H,6-30H2,1-5H3,(H,57,71)(H,58,72)(H,59,79)(H,60,80)(H,62,69)(H,63,70). The van der Waals surface area contributed by atoms with Gasteiger partial charge in [0.1, 0.15) is 73.2 Å². The molecule has 0 aromatic carbocycles. The maximum atomic E-state index is 14.3. The number of aliphatic hydroxyl groups excluding tert-OH is 10. The van der Waals surface area contributed by atoms with Crippen molar-refractivity contribution in [2.45, 2.75) is 196 Å². The number of rotatable bonds is 42. The van der Waals surface area contributed by atoms with Gasteiger partial charge in [0, 0.05) is 45.9 Å². The fourth-order valence-electron chi connectivity index (χ4n) is 10.7. The highest BCUT2D eigenvalue weighted by atomic mass is 16.7. The summed E-state index contributed by atoms with van der Waals surface area (Å²) in [6, 6.07) is -4.52. The molecule has 4 rings (SSSR count). The van der Waals surface area contributed by atoms with Crippen LogP contribution in [0.25, 0.3) is 0 Å². The van der Waals surface area contributed by atoms with E-state index in [0.29, 0.717) is 32.2 Å². The third-order valence-corrected chi connectivity index (χ3v) is 15.2. The number of hydrogen-bond donors (Lipinski definition) is 17. The fraction of sp³-hybridized carbons (Fsp3) is 0.893. The topological polar surface area (TPSA) is 484 Å². The molecular formula is C56H102N8O26. The molecule has 6 amide bonds. The van der Waals surface area contributed by atoms with Gasteiger partial charge in [0.25, 0.3) is 0 Å². The largest absolute Gasteiger partial charge is 0.394 e. The van der Waals surface area contributed by atoms with Crippen LogP contribution in [0.5, 0.6) is 0 Å². The van der Waals surface area contributed by atoms with Gasteiger partial charge >= 0.3 is 0 Å². The van der Waals surface area contributed by atoms with Crippen LogP contribution in [0.2, 0.25) is 0 Å². The summed E-state index contributed by atoms with van der Waals surface area (Å²) in [6.07, 6.45) is -13.4. The smallest absolute Gasteiger partial charge is 0.237 e. The third kappa shape index (κ3) is 27.1. The third-order valence-electron chi connectivity index (χ3n) is 15.2. The first-order valence-corrected chi connectivity index (χ1v) is 30.9. The highest BCUT2D eigenvalue weighted by Crippen LogP contribution is 2.28. The highest BCUT2D eigenvalue weighted by Gasteiger charge is 2.48. The molecule has 34 heteroatoms. The number of aliphatic hydroxyl groups is 10. The van der Waals surface area contributed by atoms with Gasteiger partial charge in [-0.05, 0) is 65.7 Å². The predicted molar refractivity (Wildman–Crippen MR) is 311 cm³/mol. The summed E-state index contributed by atoms with van der Waals surface area (Å²) in [5.74, 6) is -3.08. The number of carbonyl (C=O) groups excluding carboxylic acids is 6. The molecule has 3 aliphatic heterocycles. The Morgan fingerprint density at radius 2 is 0.922 bits per heavy atom. The van der Waals surface area contributed by atoms with Crippen molar-refractivity contribution in [2.24, 2.45) is 5.92 Å². The molecule has 3 heterocycles. The minimum atomic E-state index is -1.52. The molecule has 4 aliphatic rings. The fourth-order valence-corrected chi connectivity index (χ4v) is 10.7. The van der Waals surface area contributed by atoms with Gasteiger partial charge in [-0.25, -0.2) is 0 Å². The molecule has 0 bridgehead atoms. The Morgan fingerprint density at radius 1 is 0.511 bits per heavy atom. The molecule has 1 saturated carbocycles. The summed E-state index contributed by atoms with van der Waals surface area (Å²) in [4.78, 5) is 80.1. The van der Waals surface area contributed by atoms with Crippen molar-refractivity contribution in [2.75, 3.05) is 119 Å². The monoisotopic (exact) mass is 1300 g/mol. The lowest BCUT2D eigenvalue weighted by atomic mass is 9.86. The Labute approximate surface area is 523 Å². The minimum Gasteiger partial charge on any atom is -0.394 e. The molecule has 34 nitrogen and oxygen atoms in total. The molecule has 90 heavy (non-hydrogen) atoms. The molecule has 522 valence electrons. The Morgan fingerprint density at radius 3 is 1.32 bits per heavy atom. The first kappa shape index (κ1) is 78.4. The van der Waals surface area contributed by atoms with E-state index in [4.69, 9.17) is 47.4 Å². The zero-order valence-electron chi connectivity index (χ0n) is 52.2. The number of carbonyl (C=O) groups is 6. The van der Waals surface area contributed by atoms with Crippen LogP contribution < -0.4 is 37.2 Å². The summed E-state index contributed by atoms with van der Waals surface area (Å²) in [5, 5.41) is 120. The molecule has 17 N–H and O–H groups in total. The van der Waals surface area contributed by atoms with Gasteiger partial charge in [0.2, 0.25) is 35.4 Å². The zero-order valence-corrected chi connectivity index (χ0v) is 52.2. The van der Waals surface area contributed by atoms with Crippen molar-refractivity contribution >= 4 is 35.4 Å². The lowest BCUT2D eigenvalue weighted by Gasteiger charge is -2.42. The number of unbranched alkanes of at least 4 members (excludes halogenated alkanes) is 1. The molecule has 0 aromatic rings. The summed E-state index contributed by atoms with van der Waals surface area (Å²) in [5.41, 5.74) is 0. The van der Waals surface area contributed by atoms with E-state index in [2.05, 4.69) is 37.2 Å². The second kappa shape index (κ2) is 42.3. The molecule has 0 aromatic heterocycles. The second-order valence-corrected chi connectivity index (χ2v) is 22.7. The highest BCUT2D eigenvalue weighted by molar-refractivity contribution is 5.86. The summed E-state index contributed by atoms with van der Waals surface area (Å²) in [6.45, 7) is 4.36. The van der Waals surface area contributed by atoms with Crippen LogP contribution in [0.1, 0.15) is 79.6 Å². The molecule has 17 atom stereocenters. The Bertz CT molecular complexity index is 2090. The SMILES string of the molecule is CC(=O)NC1C(OCCOCCNC(=O)CN(CC(=O)NCCOCCOC2OC(CO)C(O)C(O)C2NC(C)O)C(CCCCNC(=O)C2CCC(OC(C)C)CC2)C(=O)NCCOCCOC2OC(CO)C(O)C(O)C2NC(C)=O)OC(CO)C(O)C1O. The van der Waals surface area contributed by atoms with Crippen molar-refractivity contribution in [1.82, 2.24) is 42.1 Å². The Hall–Kier alpha value is -4.06. The van der Waals surface area contributed by atoms with E-state index < -0.39 is 167 Å². The maximum Gasteiger partial charge on any atom is 0.237 e. The zero-order chi connectivity index (χ0) is 66.3. The van der Waals surface area contributed by atoms with E-state index >= 15 is 0 Å². The summed E-state index contributed by atoms with van der Waals surface area (Å²) in [7, 11) is 0. The Balaban J connectivity index is 1.40. The second-order valence-electron chi connectivity index (χ2n) is 22.7. The lowest BCUT2D eigenvalue weighted by molar-refractivity contribution is -0.275. The van der Waals surface area contributed by atoms with Crippen molar-refractivity contribution in [3.63, 3.8) is 0 Å². The van der Waals surface area contributed by atoms with Crippen molar-refractivity contribution < 1.29 is 127 Å². The molecule has 3 saturated heterocycles. The average Bonchev–Trinajstić information content (AvgIpc) is 1.35. The van der Waals surface area contributed by atoms with Gasteiger partial charge in [-0.2, -0.15) is 0 Å². The summed E-state index contributed by atoms with van der Waals surface area (Å²) >= 11 is 0. The van der Waals surface area contributed by atoms with E-state index in [1.165, 1.54) is 25.7 Å². The quantitative estimate of drug-likeness (QED) is 0.0199. The number of amides is 6. The van der Waals surface area contributed by atoms with Crippen molar-refractivity contribution in [3.8, 4) is 0 Å². The number of ether oxygens (including phenoxy) is 10. The van der Waals surface area contributed by atoms with Gasteiger partial charge in [-0.15, -0.1) is 0 Å². The van der Waals surface area contributed by atoms with E-state index in [1.54, 1.807) is 0 Å². The summed E-state index contributed by atoms with van der Waals surface area (Å²) < 4.78 is 56.8. The number of nitrogens with zero attached hydrogens (tertiary/aromatic N) is 1. The maximum absolute atomic E-state index is 14.3. The average molecular weight is 1300 g/mol. The van der Waals surface area contributed by atoms with Crippen LogP contribution in [-0.2, 0) is 76.1 Å². The van der Waals surface area contributed by atoms with Gasteiger partial charge < -0.3 is 130 Å². The molecule has 17 unspecified atom stereocenters. The minimum absolute atomic E-state index is 0.0361. The molecule has 0 radical (unpaired) electrons. The predicted octanol–water partition coefficient (Wildman–Crippen LogP) is -8.00. The number of nitrogens with one attached hydrogen (secondary N) is 7. The molecule has 4 fully saturated rings. The molecule has 0 spiro atoms. The van der Waals surface area contributed by atoms with Crippen LogP contribution in [0.3, 0.4) is 0 Å². The van der Waals surface area contributed by atoms with Gasteiger partial charge in [0.05, 0.1) is 117 Å². The first-order valence-electron chi connectivity index (χ1n) is 30.9.